The minimum absolute atomic E-state index is 0.0137. The Morgan fingerprint density at radius 1 is 1.39 bits per heavy atom. The number of thiazole rings is 1. The third-order valence-corrected chi connectivity index (χ3v) is 4.53. The Bertz CT molecular complexity index is 1000. The van der Waals surface area contributed by atoms with Crippen LogP contribution in [0.1, 0.15) is 5.56 Å². The third-order valence-electron chi connectivity index (χ3n) is 3.77. The Balaban J connectivity index is 1.54. The summed E-state index contributed by atoms with van der Waals surface area (Å²) < 4.78 is 1.50. The molecule has 116 valence electrons. The lowest BCUT2D eigenvalue weighted by molar-refractivity contribution is -0.389. The van der Waals surface area contributed by atoms with E-state index in [4.69, 9.17) is 0 Å². The molecular weight excluding hydrogens is 314 g/mol. The summed E-state index contributed by atoms with van der Waals surface area (Å²) in [5.74, 6) is 0.307. The summed E-state index contributed by atoms with van der Waals surface area (Å²) in [6.07, 6.45) is 4.40. The molecule has 0 aliphatic heterocycles. The number of fused-ring (bicyclic) bond motifs is 2. The first-order chi connectivity index (χ1) is 11.2. The molecule has 0 atom stereocenters. The Morgan fingerprint density at radius 2 is 2.26 bits per heavy atom. The minimum atomic E-state index is -0.402. The number of para-hydroxylation sites is 1. The summed E-state index contributed by atoms with van der Waals surface area (Å²) in [4.78, 5) is 19.0. The summed E-state index contributed by atoms with van der Waals surface area (Å²) in [6, 6.07) is 8.08. The number of nitrogens with one attached hydrogen (secondary N) is 2. The van der Waals surface area contributed by atoms with Gasteiger partial charge in [-0.3, -0.25) is 0 Å². The highest BCUT2D eigenvalue weighted by Crippen LogP contribution is 2.28. The molecule has 4 aromatic rings. The molecule has 0 fully saturated rings. The average molecular weight is 327 g/mol. The summed E-state index contributed by atoms with van der Waals surface area (Å²) in [7, 11) is 0. The van der Waals surface area contributed by atoms with Gasteiger partial charge in [0.05, 0.1) is 0 Å². The van der Waals surface area contributed by atoms with Crippen LogP contribution in [0.5, 0.6) is 0 Å². The van der Waals surface area contributed by atoms with Crippen molar-refractivity contribution in [3.05, 3.63) is 57.7 Å². The summed E-state index contributed by atoms with van der Waals surface area (Å²) in [5, 5.41) is 17.3. The molecule has 3 aromatic heterocycles. The van der Waals surface area contributed by atoms with Gasteiger partial charge in [0.15, 0.2) is 0 Å². The fourth-order valence-corrected chi connectivity index (χ4v) is 3.43. The fraction of sp³-hybridized carbons (Fsp3) is 0.133. The number of nitro groups is 1. The highest BCUT2D eigenvalue weighted by molar-refractivity contribution is 7.15. The van der Waals surface area contributed by atoms with Gasteiger partial charge in [-0.15, -0.1) is 0 Å². The van der Waals surface area contributed by atoms with E-state index in [0.29, 0.717) is 17.3 Å². The molecule has 23 heavy (non-hydrogen) atoms. The van der Waals surface area contributed by atoms with Gasteiger partial charge in [-0.1, -0.05) is 29.5 Å². The molecule has 0 aliphatic carbocycles. The van der Waals surface area contributed by atoms with Crippen LogP contribution in [-0.2, 0) is 6.42 Å². The van der Waals surface area contributed by atoms with Crippen molar-refractivity contribution in [3.8, 4) is 0 Å². The van der Waals surface area contributed by atoms with Gasteiger partial charge in [0, 0.05) is 29.0 Å². The van der Waals surface area contributed by atoms with E-state index < -0.39 is 4.92 Å². The third kappa shape index (κ3) is 2.33. The van der Waals surface area contributed by atoms with Crippen molar-refractivity contribution < 1.29 is 4.92 Å². The normalized spacial score (nSPS) is 11.3. The smallest absolute Gasteiger partial charge is 0.363 e. The number of imidazole rings is 1. The number of rotatable bonds is 5. The predicted molar refractivity (Wildman–Crippen MR) is 90.2 cm³/mol. The molecule has 0 radical (unpaired) electrons. The lowest BCUT2D eigenvalue weighted by atomic mass is 10.1. The average Bonchev–Trinajstić information content (AvgIpc) is 3.21. The van der Waals surface area contributed by atoms with E-state index >= 15 is 0 Å². The van der Waals surface area contributed by atoms with Gasteiger partial charge in [0.2, 0.25) is 5.82 Å². The van der Waals surface area contributed by atoms with E-state index in [9.17, 15) is 10.1 Å². The number of aromatic amines is 1. The highest BCUT2D eigenvalue weighted by atomic mass is 32.1. The van der Waals surface area contributed by atoms with Crippen LogP contribution in [0.25, 0.3) is 15.9 Å². The summed E-state index contributed by atoms with van der Waals surface area (Å²) in [5.41, 5.74) is 2.27. The molecular formula is C15H13N5O2S. The first-order valence-corrected chi connectivity index (χ1v) is 8.01. The van der Waals surface area contributed by atoms with E-state index in [1.807, 2.05) is 24.4 Å². The quantitative estimate of drug-likeness (QED) is 0.434. The van der Waals surface area contributed by atoms with Crippen molar-refractivity contribution in [1.29, 1.82) is 0 Å². The van der Waals surface area contributed by atoms with Crippen LogP contribution in [0.2, 0.25) is 0 Å². The largest absolute Gasteiger partial charge is 0.372 e. The van der Waals surface area contributed by atoms with Crippen LogP contribution < -0.4 is 5.32 Å². The second-order valence-electron chi connectivity index (χ2n) is 5.13. The monoisotopic (exact) mass is 327 g/mol. The van der Waals surface area contributed by atoms with Crippen molar-refractivity contribution in [2.45, 2.75) is 6.42 Å². The van der Waals surface area contributed by atoms with E-state index in [1.54, 1.807) is 11.6 Å². The molecule has 4 rings (SSSR count). The lowest BCUT2D eigenvalue weighted by Gasteiger charge is -2.03. The van der Waals surface area contributed by atoms with Crippen LogP contribution in [0.4, 0.5) is 11.6 Å². The number of nitrogens with zero attached hydrogens (tertiary/aromatic N) is 3. The molecule has 0 bridgehead atoms. The molecule has 0 spiro atoms. The molecule has 0 saturated heterocycles. The van der Waals surface area contributed by atoms with E-state index in [1.165, 1.54) is 26.7 Å². The van der Waals surface area contributed by atoms with Crippen LogP contribution in [-0.4, -0.2) is 25.8 Å². The number of hydrogen-bond donors (Lipinski definition) is 2. The molecule has 0 unspecified atom stereocenters. The van der Waals surface area contributed by atoms with Gasteiger partial charge >= 0.3 is 5.82 Å². The van der Waals surface area contributed by atoms with E-state index in [0.717, 1.165) is 11.9 Å². The Morgan fingerprint density at radius 3 is 3.13 bits per heavy atom. The fourth-order valence-electron chi connectivity index (χ4n) is 2.72. The van der Waals surface area contributed by atoms with Gasteiger partial charge < -0.3 is 20.4 Å². The maximum absolute atomic E-state index is 11.3. The molecule has 0 saturated carbocycles. The van der Waals surface area contributed by atoms with Crippen molar-refractivity contribution >= 4 is 38.8 Å². The Labute approximate surface area is 134 Å². The number of aromatic nitrogens is 3. The van der Waals surface area contributed by atoms with Crippen molar-refractivity contribution in [3.63, 3.8) is 0 Å². The second kappa shape index (κ2) is 5.40. The molecule has 8 heteroatoms. The molecule has 2 N–H and O–H groups in total. The zero-order valence-electron chi connectivity index (χ0n) is 12.0. The maximum Gasteiger partial charge on any atom is 0.372 e. The topological polar surface area (TPSA) is 88.3 Å². The zero-order chi connectivity index (χ0) is 15.8. The number of H-pyrrole nitrogens is 1. The Hall–Kier alpha value is -2.87. The molecule has 0 amide bonds. The van der Waals surface area contributed by atoms with Crippen LogP contribution >= 0.6 is 11.3 Å². The summed E-state index contributed by atoms with van der Waals surface area (Å²) in [6.45, 7) is 0.577. The van der Waals surface area contributed by atoms with E-state index in [2.05, 4.69) is 21.4 Å². The van der Waals surface area contributed by atoms with Gasteiger partial charge in [0.25, 0.3) is 4.96 Å². The number of hydrogen-bond acceptors (Lipinski definition) is 5. The van der Waals surface area contributed by atoms with Gasteiger partial charge in [0.1, 0.15) is 6.20 Å². The Kier molecular flexibility index (Phi) is 3.23. The van der Waals surface area contributed by atoms with Crippen LogP contribution in [0.3, 0.4) is 0 Å². The first-order valence-electron chi connectivity index (χ1n) is 7.13. The van der Waals surface area contributed by atoms with Gasteiger partial charge in [-0.2, -0.15) is 9.38 Å². The predicted octanol–water partition coefficient (Wildman–Crippen LogP) is 3.44. The SMILES string of the molecule is O=[N+]([O-])c1c(NCCc2c[nH]c3ccccc23)nc2sccn12. The zero-order valence-corrected chi connectivity index (χ0v) is 12.8. The lowest BCUT2D eigenvalue weighted by Crippen LogP contribution is -2.07. The number of anilines is 1. The van der Waals surface area contributed by atoms with Gasteiger partial charge in [-0.05, 0) is 23.0 Å². The van der Waals surface area contributed by atoms with Crippen molar-refractivity contribution in [2.24, 2.45) is 0 Å². The first kappa shape index (κ1) is 13.8. The standard InChI is InChI=1S/C15H13N5O2S/c21-20(22)14-13(18-15-19(14)7-8-23-15)16-6-5-10-9-17-12-4-2-1-3-11(10)12/h1-4,7-9,16-17H,5-6H2. The molecule has 0 aliphatic rings. The van der Waals surface area contributed by atoms with Crippen molar-refractivity contribution in [1.82, 2.24) is 14.4 Å². The second-order valence-corrected chi connectivity index (χ2v) is 6.01. The maximum atomic E-state index is 11.3. The minimum Gasteiger partial charge on any atom is -0.363 e. The van der Waals surface area contributed by atoms with Crippen LogP contribution in [0.15, 0.2) is 42.0 Å². The number of benzene rings is 1. The van der Waals surface area contributed by atoms with Crippen LogP contribution in [0, 0.1) is 10.1 Å². The summed E-state index contributed by atoms with van der Waals surface area (Å²) >= 11 is 1.38. The molecule has 7 nitrogen and oxygen atoms in total. The molecule has 1 aromatic carbocycles. The van der Waals surface area contributed by atoms with Gasteiger partial charge in [-0.25, -0.2) is 0 Å². The van der Waals surface area contributed by atoms with Crippen molar-refractivity contribution in [2.75, 3.05) is 11.9 Å². The molecule has 3 heterocycles. The van der Waals surface area contributed by atoms with E-state index in [-0.39, 0.29) is 5.82 Å². The highest BCUT2D eigenvalue weighted by Gasteiger charge is 2.23.